The zero-order valence-corrected chi connectivity index (χ0v) is 10.9. The minimum Gasteiger partial charge on any atom is -0.391 e. The fourth-order valence-electron chi connectivity index (χ4n) is 2.06. The van der Waals surface area contributed by atoms with Gasteiger partial charge in [-0.3, -0.25) is 4.98 Å². The predicted octanol–water partition coefficient (Wildman–Crippen LogP) is 2.92. The number of aromatic nitrogens is 1. The van der Waals surface area contributed by atoms with Crippen LogP contribution in [0, 0.1) is 0 Å². The number of thioether (sulfide) groups is 1. The predicted molar refractivity (Wildman–Crippen MR) is 69.1 cm³/mol. The van der Waals surface area contributed by atoms with E-state index < -0.39 is 0 Å². The molecule has 1 N–H and O–H groups in total. The molecule has 1 aliphatic heterocycles. The Labute approximate surface area is 105 Å². The van der Waals surface area contributed by atoms with Crippen molar-refractivity contribution < 1.29 is 5.11 Å². The minimum absolute atomic E-state index is 0.00734. The lowest BCUT2D eigenvalue weighted by atomic mass is 9.94. The normalized spacial score (nSPS) is 26.9. The highest BCUT2D eigenvalue weighted by Gasteiger charge is 2.36. The Morgan fingerprint density at radius 1 is 1.69 bits per heavy atom. The maximum absolute atomic E-state index is 10.3. The van der Waals surface area contributed by atoms with Crippen molar-refractivity contribution in [2.24, 2.45) is 0 Å². The van der Waals surface area contributed by atoms with Crippen LogP contribution in [0.5, 0.6) is 0 Å². The summed E-state index contributed by atoms with van der Waals surface area (Å²) in [7, 11) is 0. The first-order chi connectivity index (χ1) is 7.62. The van der Waals surface area contributed by atoms with Crippen LogP contribution in [-0.2, 0) is 6.42 Å². The summed E-state index contributed by atoms with van der Waals surface area (Å²) in [6.07, 6.45) is 5.92. The van der Waals surface area contributed by atoms with Crippen LogP contribution in [0.25, 0.3) is 0 Å². The van der Waals surface area contributed by atoms with Gasteiger partial charge in [-0.15, -0.1) is 0 Å². The van der Waals surface area contributed by atoms with Crippen molar-refractivity contribution >= 4 is 23.4 Å². The molecule has 88 valence electrons. The number of pyridine rings is 1. The monoisotopic (exact) mass is 257 g/mol. The van der Waals surface area contributed by atoms with Gasteiger partial charge < -0.3 is 5.11 Å². The Morgan fingerprint density at radius 2 is 2.50 bits per heavy atom. The Hall–Kier alpha value is -0.250. The molecule has 4 heteroatoms. The number of hydrogen-bond acceptors (Lipinski definition) is 3. The van der Waals surface area contributed by atoms with Crippen LogP contribution >= 0.6 is 23.4 Å². The van der Waals surface area contributed by atoms with Gasteiger partial charge in [-0.05, 0) is 37.1 Å². The Bertz CT molecular complexity index is 366. The van der Waals surface area contributed by atoms with E-state index in [9.17, 15) is 5.11 Å². The smallest absolute Gasteiger partial charge is 0.0724 e. The van der Waals surface area contributed by atoms with Crippen LogP contribution in [0.1, 0.15) is 25.3 Å². The van der Waals surface area contributed by atoms with E-state index in [1.807, 2.05) is 17.8 Å². The Balaban J connectivity index is 2.07. The van der Waals surface area contributed by atoms with E-state index in [1.165, 1.54) is 6.42 Å². The van der Waals surface area contributed by atoms with Gasteiger partial charge in [-0.1, -0.05) is 11.6 Å². The zero-order valence-electron chi connectivity index (χ0n) is 9.32. The van der Waals surface area contributed by atoms with E-state index in [2.05, 4.69) is 11.9 Å². The third-order valence-corrected chi connectivity index (χ3v) is 5.19. The van der Waals surface area contributed by atoms with Gasteiger partial charge in [-0.2, -0.15) is 11.8 Å². The van der Waals surface area contributed by atoms with Crippen molar-refractivity contribution in [3.8, 4) is 0 Å². The van der Waals surface area contributed by atoms with E-state index >= 15 is 0 Å². The van der Waals surface area contributed by atoms with Crippen LogP contribution < -0.4 is 0 Å². The SMILES string of the molecule is CC1(C(O)Cc2ccncc2Cl)CCCS1. The molecule has 0 aromatic carbocycles. The third kappa shape index (κ3) is 2.53. The maximum Gasteiger partial charge on any atom is 0.0724 e. The summed E-state index contributed by atoms with van der Waals surface area (Å²) in [5.41, 5.74) is 0.984. The molecule has 2 unspecified atom stereocenters. The van der Waals surface area contributed by atoms with Gasteiger partial charge in [0.05, 0.1) is 11.1 Å². The highest BCUT2D eigenvalue weighted by molar-refractivity contribution is 8.00. The lowest BCUT2D eigenvalue weighted by molar-refractivity contribution is 0.133. The largest absolute Gasteiger partial charge is 0.391 e. The average Bonchev–Trinajstić information content (AvgIpc) is 2.70. The average molecular weight is 258 g/mol. The van der Waals surface area contributed by atoms with Gasteiger partial charge in [0, 0.05) is 23.6 Å². The summed E-state index contributed by atoms with van der Waals surface area (Å²) in [6.45, 7) is 2.14. The minimum atomic E-state index is -0.333. The van der Waals surface area contributed by atoms with E-state index in [-0.39, 0.29) is 10.9 Å². The van der Waals surface area contributed by atoms with Crippen LogP contribution in [0.2, 0.25) is 5.02 Å². The molecule has 0 saturated carbocycles. The van der Waals surface area contributed by atoms with Gasteiger partial charge in [0.25, 0.3) is 0 Å². The number of nitrogens with zero attached hydrogens (tertiary/aromatic N) is 1. The molecule has 1 aromatic rings. The van der Waals surface area contributed by atoms with Gasteiger partial charge in [0.2, 0.25) is 0 Å². The van der Waals surface area contributed by atoms with Crippen LogP contribution in [0.4, 0.5) is 0 Å². The van der Waals surface area contributed by atoms with E-state index in [4.69, 9.17) is 11.6 Å². The molecular weight excluding hydrogens is 242 g/mol. The Morgan fingerprint density at radius 3 is 3.12 bits per heavy atom. The van der Waals surface area contributed by atoms with E-state index in [1.54, 1.807) is 12.4 Å². The molecule has 1 fully saturated rings. The van der Waals surface area contributed by atoms with Crippen molar-refractivity contribution in [3.63, 3.8) is 0 Å². The molecule has 2 heterocycles. The fraction of sp³-hybridized carbons (Fsp3) is 0.583. The molecule has 16 heavy (non-hydrogen) atoms. The van der Waals surface area contributed by atoms with Gasteiger partial charge in [0.1, 0.15) is 0 Å². The lowest BCUT2D eigenvalue weighted by Gasteiger charge is -2.29. The van der Waals surface area contributed by atoms with Gasteiger partial charge >= 0.3 is 0 Å². The molecule has 0 aliphatic carbocycles. The van der Waals surface area contributed by atoms with Gasteiger partial charge in [0.15, 0.2) is 0 Å². The van der Waals surface area contributed by atoms with Crippen molar-refractivity contribution in [3.05, 3.63) is 29.0 Å². The molecule has 1 saturated heterocycles. The molecular formula is C12H16ClNOS. The maximum atomic E-state index is 10.3. The van der Waals surface area contributed by atoms with Crippen LogP contribution in [-0.4, -0.2) is 26.7 Å². The molecule has 0 amide bonds. The third-order valence-electron chi connectivity index (χ3n) is 3.22. The second-order valence-corrected chi connectivity index (χ2v) is 6.49. The molecule has 2 nitrogen and oxygen atoms in total. The first kappa shape index (κ1) is 12.2. The van der Waals surface area contributed by atoms with Crippen LogP contribution in [0.3, 0.4) is 0 Å². The topological polar surface area (TPSA) is 33.1 Å². The fourth-order valence-corrected chi connectivity index (χ4v) is 3.57. The molecule has 0 bridgehead atoms. The number of halogens is 1. The summed E-state index contributed by atoms with van der Waals surface area (Å²) in [5, 5.41) is 10.9. The quantitative estimate of drug-likeness (QED) is 0.904. The molecule has 0 spiro atoms. The van der Waals surface area contributed by atoms with Crippen molar-refractivity contribution in [1.29, 1.82) is 0 Å². The number of aliphatic hydroxyl groups is 1. The summed E-state index contributed by atoms with van der Waals surface area (Å²) in [5.74, 6) is 1.15. The second-order valence-electron chi connectivity index (χ2n) is 4.45. The molecule has 0 radical (unpaired) electrons. The van der Waals surface area contributed by atoms with Gasteiger partial charge in [-0.25, -0.2) is 0 Å². The molecule has 1 aliphatic rings. The number of aliphatic hydroxyl groups excluding tert-OH is 1. The van der Waals surface area contributed by atoms with Crippen molar-refractivity contribution in [1.82, 2.24) is 4.98 Å². The highest BCUT2D eigenvalue weighted by atomic mass is 35.5. The van der Waals surface area contributed by atoms with Crippen molar-refractivity contribution in [2.75, 3.05) is 5.75 Å². The highest BCUT2D eigenvalue weighted by Crippen LogP contribution is 2.41. The summed E-state index contributed by atoms with van der Waals surface area (Å²) in [6, 6.07) is 1.88. The number of hydrogen-bond donors (Lipinski definition) is 1. The Kier molecular flexibility index (Phi) is 3.77. The lowest BCUT2D eigenvalue weighted by Crippen LogP contribution is -2.35. The van der Waals surface area contributed by atoms with E-state index in [0.29, 0.717) is 11.4 Å². The summed E-state index contributed by atoms with van der Waals surface area (Å²) >= 11 is 7.91. The van der Waals surface area contributed by atoms with E-state index in [0.717, 1.165) is 17.7 Å². The van der Waals surface area contributed by atoms with Crippen LogP contribution in [0.15, 0.2) is 18.5 Å². The summed E-state index contributed by atoms with van der Waals surface area (Å²) in [4.78, 5) is 3.95. The molecule has 2 rings (SSSR count). The zero-order chi connectivity index (χ0) is 11.6. The first-order valence-corrected chi connectivity index (χ1v) is 6.88. The first-order valence-electron chi connectivity index (χ1n) is 5.52. The molecule has 2 atom stereocenters. The van der Waals surface area contributed by atoms with Crippen molar-refractivity contribution in [2.45, 2.75) is 37.0 Å². The second kappa shape index (κ2) is 4.94. The standard InChI is InChI=1S/C12H16ClNOS/c1-12(4-2-6-16-12)11(15)7-9-3-5-14-8-10(9)13/h3,5,8,11,15H,2,4,6-7H2,1H3. The number of rotatable bonds is 3. The summed E-state index contributed by atoms with van der Waals surface area (Å²) < 4.78 is -0.00734. The molecule has 1 aromatic heterocycles.